The Labute approximate surface area is 200 Å². The minimum atomic E-state index is -3.71. The molecule has 3 aromatic carbocycles. The van der Waals surface area contributed by atoms with Crippen LogP contribution in [-0.4, -0.2) is 44.1 Å². The van der Waals surface area contributed by atoms with Crippen LogP contribution >= 0.6 is 0 Å². The first kappa shape index (κ1) is 22.6. The van der Waals surface area contributed by atoms with E-state index in [2.05, 4.69) is 17.0 Å². The molecule has 34 heavy (non-hydrogen) atoms. The van der Waals surface area contributed by atoms with Crippen molar-refractivity contribution >= 4 is 15.7 Å². The molecule has 5 rings (SSSR count). The highest BCUT2D eigenvalue weighted by molar-refractivity contribution is 7.89. The Morgan fingerprint density at radius 2 is 1.79 bits per heavy atom. The maximum absolute atomic E-state index is 13.8. The number of rotatable bonds is 4. The van der Waals surface area contributed by atoms with E-state index in [9.17, 15) is 13.5 Å². The molecule has 2 aliphatic heterocycles. The summed E-state index contributed by atoms with van der Waals surface area (Å²) >= 11 is 0. The van der Waals surface area contributed by atoms with Crippen LogP contribution in [-0.2, 0) is 10.0 Å². The SMILES string of the molecule is Cc1cccc(S(=O)(=O)N2CC[C@@H]3[C@@H](CO)N(C)c4ccc(-c5ccc(C#N)cc5)cc4[C@@H]32)c1. The maximum atomic E-state index is 13.8. The van der Waals surface area contributed by atoms with Gasteiger partial charge < -0.3 is 10.0 Å². The summed E-state index contributed by atoms with van der Waals surface area (Å²) < 4.78 is 29.2. The van der Waals surface area contributed by atoms with Crippen molar-refractivity contribution in [1.82, 2.24) is 4.31 Å². The molecule has 0 amide bonds. The average Bonchev–Trinajstić information content (AvgIpc) is 3.30. The number of hydrogen-bond acceptors (Lipinski definition) is 5. The van der Waals surface area contributed by atoms with Crippen molar-refractivity contribution in [2.75, 3.05) is 25.1 Å². The van der Waals surface area contributed by atoms with Gasteiger partial charge >= 0.3 is 0 Å². The molecule has 1 saturated heterocycles. The fraction of sp³-hybridized carbons (Fsp3) is 0.296. The van der Waals surface area contributed by atoms with E-state index in [-0.39, 0.29) is 24.6 Å². The Morgan fingerprint density at radius 1 is 1.06 bits per heavy atom. The zero-order chi connectivity index (χ0) is 24.0. The summed E-state index contributed by atoms with van der Waals surface area (Å²) in [4.78, 5) is 2.39. The number of anilines is 1. The van der Waals surface area contributed by atoms with E-state index in [1.54, 1.807) is 34.6 Å². The summed E-state index contributed by atoms with van der Waals surface area (Å²) in [7, 11) is -1.75. The van der Waals surface area contributed by atoms with Crippen molar-refractivity contribution in [3.8, 4) is 17.2 Å². The zero-order valence-electron chi connectivity index (χ0n) is 19.2. The van der Waals surface area contributed by atoms with Gasteiger partial charge in [0, 0.05) is 25.2 Å². The second-order valence-electron chi connectivity index (χ2n) is 9.15. The summed E-state index contributed by atoms with van der Waals surface area (Å²) in [6.07, 6.45) is 0.686. The number of aliphatic hydroxyl groups excluding tert-OH is 1. The molecule has 0 aliphatic carbocycles. The maximum Gasteiger partial charge on any atom is 0.243 e. The number of hydrogen-bond donors (Lipinski definition) is 1. The number of fused-ring (bicyclic) bond motifs is 3. The predicted octanol–water partition coefficient (Wildman–Crippen LogP) is 4.10. The fourth-order valence-corrected chi connectivity index (χ4v) is 7.28. The summed E-state index contributed by atoms with van der Waals surface area (Å²) in [6, 6.07) is 22.2. The van der Waals surface area contributed by atoms with Gasteiger partial charge in [-0.1, -0.05) is 30.3 Å². The molecule has 0 spiro atoms. The number of nitriles is 1. The number of benzene rings is 3. The fourth-order valence-electron chi connectivity index (χ4n) is 5.51. The second kappa shape index (κ2) is 8.55. The van der Waals surface area contributed by atoms with Crippen LogP contribution in [0.1, 0.15) is 29.2 Å². The second-order valence-corrected chi connectivity index (χ2v) is 11.0. The number of likely N-dealkylation sites (N-methyl/N-ethyl adjacent to an activating group) is 1. The summed E-state index contributed by atoms with van der Waals surface area (Å²) in [6.45, 7) is 2.27. The van der Waals surface area contributed by atoms with Gasteiger partial charge in [-0.2, -0.15) is 9.57 Å². The molecule has 0 aromatic heterocycles. The quantitative estimate of drug-likeness (QED) is 0.617. The molecular weight excluding hydrogens is 446 g/mol. The molecule has 0 saturated carbocycles. The molecule has 2 aliphatic rings. The van der Waals surface area contributed by atoms with E-state index in [1.165, 1.54) is 0 Å². The van der Waals surface area contributed by atoms with Gasteiger partial charge in [-0.25, -0.2) is 8.42 Å². The number of sulfonamides is 1. The van der Waals surface area contributed by atoms with Crippen molar-refractivity contribution in [3.05, 3.63) is 83.4 Å². The molecule has 1 fully saturated rings. The van der Waals surface area contributed by atoms with Crippen molar-refractivity contribution in [1.29, 1.82) is 5.26 Å². The third kappa shape index (κ3) is 3.59. The molecule has 7 heteroatoms. The Bertz CT molecular complexity index is 1380. The monoisotopic (exact) mass is 473 g/mol. The molecule has 2 heterocycles. The van der Waals surface area contributed by atoms with Gasteiger partial charge in [0.1, 0.15) is 0 Å². The highest BCUT2D eigenvalue weighted by Crippen LogP contribution is 2.51. The molecule has 0 bridgehead atoms. The Kier molecular flexibility index (Phi) is 5.68. The van der Waals surface area contributed by atoms with Crippen LogP contribution in [0.15, 0.2) is 71.6 Å². The lowest BCUT2D eigenvalue weighted by molar-refractivity contribution is 0.193. The normalized spacial score (nSPS) is 22.2. The summed E-state index contributed by atoms with van der Waals surface area (Å²) in [5, 5.41) is 19.3. The van der Waals surface area contributed by atoms with E-state index in [1.807, 2.05) is 44.3 Å². The van der Waals surface area contributed by atoms with Crippen LogP contribution in [0.2, 0.25) is 0 Å². The third-order valence-corrected chi connectivity index (χ3v) is 9.12. The lowest BCUT2D eigenvalue weighted by atomic mass is 9.81. The van der Waals surface area contributed by atoms with E-state index < -0.39 is 10.0 Å². The molecular formula is C27H27N3O3S. The zero-order valence-corrected chi connectivity index (χ0v) is 20.0. The topological polar surface area (TPSA) is 84.6 Å². The van der Waals surface area contributed by atoms with Gasteiger partial charge in [0.05, 0.1) is 35.2 Å². The molecule has 0 radical (unpaired) electrons. The van der Waals surface area contributed by atoms with Gasteiger partial charge in [0.25, 0.3) is 0 Å². The lowest BCUT2D eigenvalue weighted by Gasteiger charge is -2.44. The van der Waals surface area contributed by atoms with Gasteiger partial charge in [-0.3, -0.25) is 0 Å². The van der Waals surface area contributed by atoms with Gasteiger partial charge in [0.2, 0.25) is 10.0 Å². The van der Waals surface area contributed by atoms with Gasteiger partial charge in [0.15, 0.2) is 0 Å². The predicted molar refractivity (Wildman–Crippen MR) is 132 cm³/mol. The largest absolute Gasteiger partial charge is 0.394 e. The molecule has 3 atom stereocenters. The average molecular weight is 474 g/mol. The van der Waals surface area contributed by atoms with Gasteiger partial charge in [-0.15, -0.1) is 0 Å². The summed E-state index contributed by atoms with van der Waals surface area (Å²) in [5.41, 5.74) is 5.32. The number of nitrogens with zero attached hydrogens (tertiary/aromatic N) is 3. The van der Waals surface area contributed by atoms with Crippen LogP contribution in [0, 0.1) is 24.2 Å². The van der Waals surface area contributed by atoms with Crippen LogP contribution in [0.25, 0.3) is 11.1 Å². The summed E-state index contributed by atoms with van der Waals surface area (Å²) in [5.74, 6) is -0.0155. The minimum absolute atomic E-state index is 0.0155. The van der Waals surface area contributed by atoms with E-state index in [4.69, 9.17) is 5.26 Å². The standard InChI is InChI=1S/C27H27N3O3S/c1-18-4-3-5-22(14-18)34(32,33)30-13-12-23-26(17-31)29(2)25-11-10-21(15-24(25)27(23)30)20-8-6-19(16-28)7-9-20/h3-11,14-15,23,26-27,31H,12-13,17H2,1-2H3/t23-,26-,27-/m1/s1. The molecule has 1 N–H and O–H groups in total. The highest BCUT2D eigenvalue weighted by Gasteiger charge is 2.50. The Balaban J connectivity index is 1.64. The van der Waals surface area contributed by atoms with E-state index >= 15 is 0 Å². The van der Waals surface area contributed by atoms with E-state index in [0.29, 0.717) is 23.4 Å². The number of aryl methyl sites for hydroxylation is 1. The first-order valence-electron chi connectivity index (χ1n) is 11.4. The Morgan fingerprint density at radius 3 is 2.47 bits per heavy atom. The van der Waals surface area contributed by atoms with Crippen molar-refractivity contribution in [3.63, 3.8) is 0 Å². The smallest absolute Gasteiger partial charge is 0.243 e. The van der Waals surface area contributed by atoms with Crippen LogP contribution < -0.4 is 4.90 Å². The molecule has 0 unspecified atom stereocenters. The van der Waals surface area contributed by atoms with Crippen LogP contribution in [0.5, 0.6) is 0 Å². The molecule has 6 nitrogen and oxygen atoms in total. The van der Waals surface area contributed by atoms with E-state index in [0.717, 1.165) is 27.9 Å². The molecule has 3 aromatic rings. The minimum Gasteiger partial charge on any atom is -0.394 e. The van der Waals surface area contributed by atoms with Crippen molar-refractivity contribution in [2.24, 2.45) is 5.92 Å². The molecule has 174 valence electrons. The Hall–Kier alpha value is -3.18. The van der Waals surface area contributed by atoms with Gasteiger partial charge in [-0.05, 0) is 72.0 Å². The first-order valence-corrected chi connectivity index (χ1v) is 12.9. The van der Waals surface area contributed by atoms with Crippen LogP contribution in [0.3, 0.4) is 0 Å². The van der Waals surface area contributed by atoms with Crippen LogP contribution in [0.4, 0.5) is 5.69 Å². The van der Waals surface area contributed by atoms with Crippen molar-refractivity contribution in [2.45, 2.75) is 30.3 Å². The number of aliphatic hydroxyl groups is 1. The lowest BCUT2D eigenvalue weighted by Crippen LogP contribution is -2.48. The first-order chi connectivity index (χ1) is 16.3. The highest BCUT2D eigenvalue weighted by atomic mass is 32.2. The van der Waals surface area contributed by atoms with Crippen molar-refractivity contribution < 1.29 is 13.5 Å². The third-order valence-electron chi connectivity index (χ3n) is 7.25.